The van der Waals surface area contributed by atoms with Crippen LogP contribution in [0.2, 0.25) is 10.0 Å². The number of nitrogens with one attached hydrogen (secondary N) is 4. The lowest BCUT2D eigenvalue weighted by Gasteiger charge is -2.31. The van der Waals surface area contributed by atoms with Crippen molar-refractivity contribution in [3.8, 4) is 21.9 Å². The molecular formula is C38H39Cl2N5O7S. The van der Waals surface area contributed by atoms with Gasteiger partial charge in [-0.25, -0.2) is 4.79 Å². The number of carbonyl (C=O) groups excluding carboxylic acids is 2. The molecule has 12 nitrogen and oxygen atoms in total. The van der Waals surface area contributed by atoms with Crippen molar-refractivity contribution in [1.82, 2.24) is 15.2 Å². The summed E-state index contributed by atoms with van der Waals surface area (Å²) >= 11 is 14.2. The Labute approximate surface area is 319 Å². The Morgan fingerprint density at radius 1 is 1.04 bits per heavy atom. The predicted molar refractivity (Wildman–Crippen MR) is 208 cm³/mol. The fourth-order valence-corrected chi connectivity index (χ4v) is 7.57. The van der Waals surface area contributed by atoms with Crippen LogP contribution in [0, 0.1) is 0 Å². The van der Waals surface area contributed by atoms with E-state index in [1.54, 1.807) is 30.3 Å². The Morgan fingerprint density at radius 3 is 2.62 bits per heavy atom. The minimum atomic E-state index is -0.937. The molecule has 278 valence electrons. The Morgan fingerprint density at radius 2 is 1.85 bits per heavy atom. The molecule has 1 saturated heterocycles. The van der Waals surface area contributed by atoms with Crippen LogP contribution in [0.4, 0.5) is 16.2 Å². The number of phenolic OH excluding ortho intramolecular Hbond substituents is 1. The summed E-state index contributed by atoms with van der Waals surface area (Å²) in [6, 6.07) is 18.6. The van der Waals surface area contributed by atoms with E-state index in [-0.39, 0.29) is 41.8 Å². The van der Waals surface area contributed by atoms with Gasteiger partial charge in [-0.3, -0.25) is 14.9 Å². The summed E-state index contributed by atoms with van der Waals surface area (Å²) < 4.78 is 11.3. The molecule has 3 aromatic carbocycles. The van der Waals surface area contributed by atoms with Crippen molar-refractivity contribution in [2.75, 3.05) is 43.9 Å². The number of thiophene rings is 1. The SMILES string of the molecule is COc1cc(NC(=O)CCN2CCC(OC(=O)Nc3ccsc3-c3cccc(Cl)c3)CC2)c(Cl)cc1CNC[C@@H](O)c1ccc(O)c2[nH]c(=O)ccc12. The minimum Gasteiger partial charge on any atom is -0.506 e. The van der Waals surface area contributed by atoms with Gasteiger partial charge in [-0.1, -0.05) is 41.4 Å². The largest absolute Gasteiger partial charge is 0.506 e. The number of H-pyrrole nitrogens is 1. The summed E-state index contributed by atoms with van der Waals surface area (Å²) in [5, 5.41) is 33.4. The van der Waals surface area contributed by atoms with Crippen LogP contribution in [0.25, 0.3) is 21.3 Å². The molecule has 1 atom stereocenters. The van der Waals surface area contributed by atoms with Crippen molar-refractivity contribution in [2.24, 2.45) is 0 Å². The second-order valence-electron chi connectivity index (χ2n) is 12.6. The van der Waals surface area contributed by atoms with Gasteiger partial charge in [0.15, 0.2) is 0 Å². The molecule has 3 heterocycles. The van der Waals surface area contributed by atoms with E-state index in [2.05, 4.69) is 25.8 Å². The summed E-state index contributed by atoms with van der Waals surface area (Å²) in [5.41, 5.74) is 3.18. The predicted octanol–water partition coefficient (Wildman–Crippen LogP) is 7.14. The number of pyridine rings is 1. The van der Waals surface area contributed by atoms with Gasteiger partial charge in [0.1, 0.15) is 17.6 Å². The number of rotatable bonds is 13. The highest BCUT2D eigenvalue weighted by molar-refractivity contribution is 7.14. The van der Waals surface area contributed by atoms with Crippen LogP contribution in [-0.2, 0) is 16.1 Å². The Balaban J connectivity index is 0.939. The van der Waals surface area contributed by atoms with Crippen molar-refractivity contribution in [1.29, 1.82) is 0 Å². The van der Waals surface area contributed by atoms with Crippen LogP contribution in [0.3, 0.4) is 0 Å². The van der Waals surface area contributed by atoms with Crippen LogP contribution < -0.4 is 26.2 Å². The van der Waals surface area contributed by atoms with Gasteiger partial charge in [0.2, 0.25) is 11.5 Å². The van der Waals surface area contributed by atoms with E-state index < -0.39 is 12.2 Å². The number of piperidine rings is 1. The van der Waals surface area contributed by atoms with E-state index in [4.69, 9.17) is 32.7 Å². The van der Waals surface area contributed by atoms with Crippen LogP contribution in [-0.4, -0.2) is 71.5 Å². The third-order valence-electron chi connectivity index (χ3n) is 9.02. The van der Waals surface area contributed by atoms with Crippen molar-refractivity contribution < 1.29 is 29.3 Å². The van der Waals surface area contributed by atoms with Gasteiger partial charge in [0.05, 0.1) is 40.0 Å². The zero-order valence-corrected chi connectivity index (χ0v) is 31.1. The summed E-state index contributed by atoms with van der Waals surface area (Å²) in [6.07, 6.45) is -0.110. The maximum atomic E-state index is 12.9. The monoisotopic (exact) mass is 779 g/mol. The summed E-state index contributed by atoms with van der Waals surface area (Å²) in [4.78, 5) is 43.0. The maximum Gasteiger partial charge on any atom is 0.411 e. The van der Waals surface area contributed by atoms with Gasteiger partial charge in [0.25, 0.3) is 0 Å². The minimum absolute atomic E-state index is 0.0818. The van der Waals surface area contributed by atoms with Crippen LogP contribution in [0.1, 0.15) is 36.5 Å². The van der Waals surface area contributed by atoms with Gasteiger partial charge < -0.3 is 40.2 Å². The molecule has 6 rings (SSSR count). The number of carbonyl (C=O) groups is 2. The van der Waals surface area contributed by atoms with Crippen LogP contribution >= 0.6 is 34.5 Å². The van der Waals surface area contributed by atoms with Crippen molar-refractivity contribution in [3.63, 3.8) is 0 Å². The van der Waals surface area contributed by atoms with E-state index in [9.17, 15) is 24.6 Å². The molecule has 1 aliphatic heterocycles. The molecule has 0 saturated carbocycles. The number of fused-ring (bicyclic) bond motifs is 1. The second kappa shape index (κ2) is 17.5. The highest BCUT2D eigenvalue weighted by atomic mass is 35.5. The standard InChI is InChI=1S/C38H39Cl2N5O7S/c1-51-33-19-30(28(40)18-23(33)20-41-21-32(47)26-5-7-31(46)36-27(26)6-8-34(48)44-36)42-35(49)11-15-45-13-9-25(10-14-45)52-38(50)43-29-12-16-53-37(29)22-3-2-4-24(39)17-22/h2-8,12,16-19,25,32,41,46-47H,9-11,13-15,20-21H2,1H3,(H,42,49)(H,43,50)(H,44,48)/t32-/m1/s1. The average Bonchev–Trinajstić information content (AvgIpc) is 3.60. The molecule has 0 aliphatic carbocycles. The van der Waals surface area contributed by atoms with Crippen molar-refractivity contribution in [3.05, 3.63) is 104 Å². The van der Waals surface area contributed by atoms with Gasteiger partial charge in [-0.15, -0.1) is 11.3 Å². The van der Waals surface area contributed by atoms with Crippen molar-refractivity contribution >= 4 is 68.8 Å². The third kappa shape index (κ3) is 9.68. The highest BCUT2D eigenvalue weighted by Gasteiger charge is 2.24. The lowest BCUT2D eigenvalue weighted by Crippen LogP contribution is -2.39. The first-order valence-corrected chi connectivity index (χ1v) is 18.6. The Kier molecular flexibility index (Phi) is 12.6. The maximum absolute atomic E-state index is 12.9. The number of anilines is 2. The lowest BCUT2D eigenvalue weighted by molar-refractivity contribution is -0.116. The second-order valence-corrected chi connectivity index (χ2v) is 14.4. The van der Waals surface area contributed by atoms with Gasteiger partial charge in [-0.05, 0) is 65.7 Å². The lowest BCUT2D eigenvalue weighted by atomic mass is 10.0. The first kappa shape index (κ1) is 38.1. The first-order valence-electron chi connectivity index (χ1n) is 17.0. The van der Waals surface area contributed by atoms with E-state index in [1.165, 1.54) is 30.6 Å². The smallest absolute Gasteiger partial charge is 0.411 e. The number of likely N-dealkylation sites (tertiary alicyclic amines) is 1. The number of hydrogen-bond acceptors (Lipinski definition) is 10. The zero-order chi connectivity index (χ0) is 37.5. The van der Waals surface area contributed by atoms with Gasteiger partial charge in [-0.2, -0.15) is 0 Å². The Hall–Kier alpha value is -4.63. The van der Waals surface area contributed by atoms with E-state index in [0.717, 1.165) is 16.0 Å². The molecule has 1 fully saturated rings. The number of halogens is 2. The molecule has 1 aliphatic rings. The summed E-state index contributed by atoms with van der Waals surface area (Å²) in [7, 11) is 1.52. The van der Waals surface area contributed by atoms with E-state index in [1.807, 2.05) is 29.6 Å². The number of aliphatic hydroxyl groups is 1. The van der Waals surface area contributed by atoms with Crippen molar-refractivity contribution in [2.45, 2.75) is 38.0 Å². The van der Waals surface area contributed by atoms with E-state index >= 15 is 0 Å². The number of ether oxygens (including phenoxy) is 2. The number of aliphatic hydroxyl groups excluding tert-OH is 1. The molecule has 0 unspecified atom stereocenters. The zero-order valence-electron chi connectivity index (χ0n) is 28.8. The molecule has 53 heavy (non-hydrogen) atoms. The first-order chi connectivity index (χ1) is 25.6. The number of benzene rings is 3. The molecule has 0 radical (unpaired) electrons. The van der Waals surface area contributed by atoms with Gasteiger partial charge >= 0.3 is 6.09 Å². The molecule has 6 N–H and O–H groups in total. The quantitative estimate of drug-likeness (QED) is 0.0729. The Bertz CT molecular complexity index is 2150. The highest BCUT2D eigenvalue weighted by Crippen LogP contribution is 2.35. The number of hydrogen-bond donors (Lipinski definition) is 6. The number of methoxy groups -OCH3 is 1. The number of aromatic amines is 1. The van der Waals surface area contributed by atoms with Crippen LogP contribution in [0.15, 0.2) is 76.9 Å². The molecule has 2 amide bonds. The summed E-state index contributed by atoms with van der Waals surface area (Å²) in [6.45, 7) is 2.37. The normalized spacial score (nSPS) is 14.2. The summed E-state index contributed by atoms with van der Waals surface area (Å²) in [5.74, 6) is 0.223. The number of amides is 2. The average molecular weight is 781 g/mol. The molecule has 15 heteroatoms. The number of nitrogens with zero attached hydrogens (tertiary/aromatic N) is 1. The molecule has 2 aromatic heterocycles. The third-order valence-corrected chi connectivity index (χ3v) is 10.5. The topological polar surface area (TPSA) is 165 Å². The number of phenols is 1. The van der Waals surface area contributed by atoms with Crippen LogP contribution in [0.5, 0.6) is 11.5 Å². The molecule has 0 spiro atoms. The fraction of sp³-hybridized carbons (Fsp3) is 0.289. The van der Waals surface area contributed by atoms with Gasteiger partial charge in [0, 0.05) is 67.2 Å². The molecule has 0 bridgehead atoms. The fourth-order valence-electron chi connectivity index (χ4n) is 6.30. The number of aromatic hydroxyl groups is 1. The molecular weight excluding hydrogens is 741 g/mol. The van der Waals surface area contributed by atoms with E-state index in [0.29, 0.717) is 77.1 Å². The number of aromatic nitrogens is 1. The molecule has 5 aromatic rings.